The first-order valence-corrected chi connectivity index (χ1v) is 7.32. The number of carbonyl (C=O) groups excluding carboxylic acids is 1. The largest absolute Gasteiger partial charge is 0.398 e. The van der Waals surface area contributed by atoms with E-state index in [-0.39, 0.29) is 5.12 Å². The van der Waals surface area contributed by atoms with Gasteiger partial charge in [-0.3, -0.25) is 4.79 Å². The molecule has 0 amide bonds. The Bertz CT molecular complexity index is 437. The molecular formula is C14H21NO3S. The van der Waals surface area contributed by atoms with Crippen LogP contribution in [0.3, 0.4) is 0 Å². The average Bonchev–Trinajstić information content (AvgIpc) is 2.38. The number of benzene rings is 1. The van der Waals surface area contributed by atoms with Crippen LogP contribution in [0, 0.1) is 0 Å². The molecule has 1 aromatic carbocycles. The third-order valence-electron chi connectivity index (χ3n) is 2.96. The van der Waals surface area contributed by atoms with Crippen LogP contribution in [-0.4, -0.2) is 27.2 Å². The predicted molar refractivity (Wildman–Crippen MR) is 79.0 cm³/mol. The highest BCUT2D eigenvalue weighted by atomic mass is 32.2. The smallest absolute Gasteiger partial charge is 0.185 e. The summed E-state index contributed by atoms with van der Waals surface area (Å²) >= 11 is 1.14. The minimum Gasteiger partial charge on any atom is -0.398 e. The summed E-state index contributed by atoms with van der Waals surface area (Å²) in [6, 6.07) is 5.47. The van der Waals surface area contributed by atoms with Crippen LogP contribution >= 0.6 is 11.8 Å². The lowest BCUT2D eigenvalue weighted by atomic mass is 9.98. The molecule has 0 aliphatic heterocycles. The molecule has 5 heteroatoms. The van der Waals surface area contributed by atoms with E-state index in [1.165, 1.54) is 6.92 Å². The lowest BCUT2D eigenvalue weighted by molar-refractivity contribution is -0.109. The first-order chi connectivity index (χ1) is 8.95. The summed E-state index contributed by atoms with van der Waals surface area (Å²) in [7, 11) is 0. The van der Waals surface area contributed by atoms with E-state index in [1.807, 2.05) is 19.1 Å². The van der Waals surface area contributed by atoms with Crippen molar-refractivity contribution >= 4 is 22.6 Å². The van der Waals surface area contributed by atoms with Gasteiger partial charge in [0.15, 0.2) is 5.12 Å². The molecule has 1 rings (SSSR count). The normalized spacial score (nSPS) is 14.1. The number of hydrogen-bond acceptors (Lipinski definition) is 5. The van der Waals surface area contributed by atoms with Crippen LogP contribution in [-0.2, 0) is 11.2 Å². The van der Waals surface area contributed by atoms with E-state index >= 15 is 0 Å². The number of aliphatic hydroxyl groups excluding tert-OH is 2. The topological polar surface area (TPSA) is 83.6 Å². The van der Waals surface area contributed by atoms with Gasteiger partial charge in [0.2, 0.25) is 0 Å². The van der Waals surface area contributed by atoms with Crippen molar-refractivity contribution in [2.24, 2.45) is 0 Å². The fourth-order valence-corrected chi connectivity index (χ4v) is 2.44. The highest BCUT2D eigenvalue weighted by Gasteiger charge is 2.20. The summed E-state index contributed by atoms with van der Waals surface area (Å²) in [5.41, 5.74) is 7.92. The molecule has 0 saturated carbocycles. The highest BCUT2D eigenvalue weighted by molar-refractivity contribution is 8.13. The van der Waals surface area contributed by atoms with Gasteiger partial charge in [0, 0.05) is 23.9 Å². The Labute approximate surface area is 118 Å². The minimum absolute atomic E-state index is 0.00850. The Kier molecular flexibility index (Phi) is 6.34. The van der Waals surface area contributed by atoms with Crippen LogP contribution in [0.25, 0.3) is 0 Å². The van der Waals surface area contributed by atoms with E-state index in [9.17, 15) is 15.0 Å². The molecule has 0 fully saturated rings. The van der Waals surface area contributed by atoms with Gasteiger partial charge in [-0.25, -0.2) is 0 Å². The van der Waals surface area contributed by atoms with Gasteiger partial charge < -0.3 is 15.9 Å². The molecule has 4 nitrogen and oxygen atoms in total. The second-order valence-corrected chi connectivity index (χ2v) is 5.73. The van der Waals surface area contributed by atoms with E-state index in [0.717, 1.165) is 23.7 Å². The molecule has 2 unspecified atom stereocenters. The van der Waals surface area contributed by atoms with Crippen LogP contribution in [0.1, 0.15) is 37.5 Å². The molecule has 106 valence electrons. The Balaban J connectivity index is 2.70. The van der Waals surface area contributed by atoms with Gasteiger partial charge in [-0.1, -0.05) is 30.8 Å². The highest BCUT2D eigenvalue weighted by Crippen LogP contribution is 2.26. The van der Waals surface area contributed by atoms with Crippen LogP contribution in [0.4, 0.5) is 5.69 Å². The molecule has 0 aliphatic carbocycles. The summed E-state index contributed by atoms with van der Waals surface area (Å²) in [6.07, 6.45) is -0.738. The van der Waals surface area contributed by atoms with Crippen molar-refractivity contribution in [3.8, 4) is 0 Å². The Morgan fingerprint density at radius 2 is 2.11 bits per heavy atom. The summed E-state index contributed by atoms with van der Waals surface area (Å²) in [4.78, 5) is 10.8. The quantitative estimate of drug-likeness (QED) is 0.694. The third kappa shape index (κ3) is 4.86. The van der Waals surface area contributed by atoms with Crippen LogP contribution in [0.15, 0.2) is 18.2 Å². The van der Waals surface area contributed by atoms with E-state index in [4.69, 9.17) is 5.73 Å². The second-order valence-electron chi connectivity index (χ2n) is 4.46. The maximum Gasteiger partial charge on any atom is 0.185 e. The summed E-state index contributed by atoms with van der Waals surface area (Å²) in [5, 5.41) is 20.1. The number of nitrogens with two attached hydrogens (primary N) is 1. The molecule has 2 atom stereocenters. The number of aryl methyl sites for hydroxylation is 1. The standard InChI is InChI=1S/C14H21NO3S/c1-3-10-4-5-12(15)11(8-10)14(18)13(17)6-7-19-9(2)16/h4-5,8,13-14,17-18H,3,6-7,15H2,1-2H3. The molecule has 0 spiro atoms. The van der Waals surface area contributed by atoms with Gasteiger partial charge in [0.1, 0.15) is 6.10 Å². The van der Waals surface area contributed by atoms with Crippen molar-refractivity contribution < 1.29 is 15.0 Å². The molecule has 0 radical (unpaired) electrons. The fourth-order valence-electron chi connectivity index (χ4n) is 1.79. The van der Waals surface area contributed by atoms with Gasteiger partial charge in [0.25, 0.3) is 0 Å². The maximum atomic E-state index is 10.8. The summed E-state index contributed by atoms with van der Waals surface area (Å²) < 4.78 is 0. The first-order valence-electron chi connectivity index (χ1n) is 6.33. The summed E-state index contributed by atoms with van der Waals surface area (Å²) in [6.45, 7) is 3.50. The zero-order valence-electron chi connectivity index (χ0n) is 11.3. The molecule has 0 bridgehead atoms. The van der Waals surface area contributed by atoms with Gasteiger partial charge in [-0.2, -0.15) is 0 Å². The van der Waals surface area contributed by atoms with Gasteiger partial charge in [0.05, 0.1) is 6.10 Å². The Morgan fingerprint density at radius 3 is 2.68 bits per heavy atom. The number of nitrogen functional groups attached to an aromatic ring is 1. The Morgan fingerprint density at radius 1 is 1.42 bits per heavy atom. The van der Waals surface area contributed by atoms with Crippen molar-refractivity contribution in [2.75, 3.05) is 11.5 Å². The molecule has 1 aromatic rings. The van der Waals surface area contributed by atoms with E-state index in [1.54, 1.807) is 6.07 Å². The van der Waals surface area contributed by atoms with Crippen LogP contribution in [0.2, 0.25) is 0 Å². The van der Waals surface area contributed by atoms with Crippen molar-refractivity contribution in [3.05, 3.63) is 29.3 Å². The average molecular weight is 283 g/mol. The van der Waals surface area contributed by atoms with Crippen molar-refractivity contribution in [1.82, 2.24) is 0 Å². The maximum absolute atomic E-state index is 10.8. The van der Waals surface area contributed by atoms with Crippen molar-refractivity contribution in [1.29, 1.82) is 0 Å². The third-order valence-corrected chi connectivity index (χ3v) is 3.81. The molecule has 0 saturated heterocycles. The molecule has 4 N–H and O–H groups in total. The van der Waals surface area contributed by atoms with E-state index < -0.39 is 12.2 Å². The van der Waals surface area contributed by atoms with E-state index in [0.29, 0.717) is 23.4 Å². The van der Waals surface area contributed by atoms with E-state index in [2.05, 4.69) is 0 Å². The van der Waals surface area contributed by atoms with Crippen LogP contribution < -0.4 is 5.73 Å². The molecule has 0 aromatic heterocycles. The summed E-state index contributed by atoms with van der Waals surface area (Å²) in [5.74, 6) is 0.487. The first kappa shape index (κ1) is 16.0. The van der Waals surface area contributed by atoms with Crippen molar-refractivity contribution in [2.45, 2.75) is 38.9 Å². The number of anilines is 1. The predicted octanol–water partition coefficient (Wildman–Crippen LogP) is 1.90. The fraction of sp³-hybridized carbons (Fsp3) is 0.500. The van der Waals surface area contributed by atoms with Crippen molar-refractivity contribution in [3.63, 3.8) is 0 Å². The zero-order chi connectivity index (χ0) is 14.4. The Hall–Kier alpha value is -1.04. The number of thioether (sulfide) groups is 1. The molecule has 19 heavy (non-hydrogen) atoms. The number of aliphatic hydroxyl groups is 2. The molecular weight excluding hydrogens is 262 g/mol. The zero-order valence-corrected chi connectivity index (χ0v) is 12.1. The monoisotopic (exact) mass is 283 g/mol. The van der Waals surface area contributed by atoms with Gasteiger partial charge in [-0.05, 0) is 24.5 Å². The minimum atomic E-state index is -1.01. The number of hydrogen-bond donors (Lipinski definition) is 3. The lowest BCUT2D eigenvalue weighted by Crippen LogP contribution is -2.20. The van der Waals surface area contributed by atoms with Gasteiger partial charge >= 0.3 is 0 Å². The molecule has 0 aliphatic rings. The lowest BCUT2D eigenvalue weighted by Gasteiger charge is -2.20. The van der Waals surface area contributed by atoms with Crippen LogP contribution in [0.5, 0.6) is 0 Å². The second kappa shape index (κ2) is 7.53. The number of rotatable bonds is 6. The van der Waals surface area contributed by atoms with Gasteiger partial charge in [-0.15, -0.1) is 0 Å². The molecule has 0 heterocycles. The number of carbonyl (C=O) groups is 1. The SMILES string of the molecule is CCc1ccc(N)c(C(O)C(O)CCSC(C)=O)c1.